The number of hydrogen-bond donors (Lipinski definition) is 3. The number of nitrogens with two attached hydrogens (primary N) is 1. The molecule has 18 heavy (non-hydrogen) atoms. The van der Waals surface area contributed by atoms with E-state index in [1.807, 2.05) is 25.1 Å². The minimum atomic E-state index is 0.204. The van der Waals surface area contributed by atoms with Gasteiger partial charge in [0.25, 0.3) is 0 Å². The maximum Gasteiger partial charge on any atom is 0.155 e. The summed E-state index contributed by atoms with van der Waals surface area (Å²) in [6, 6.07) is 5.82. The standard InChI is InChI=1S/C12H13N5O/c1-7-15-10-3-2-9(4-11(10)16-7)17-12(13)8(6-18)5-14-17/h2-7,15-16H,13H2,1H3. The van der Waals surface area contributed by atoms with Crippen LogP contribution in [0.25, 0.3) is 5.69 Å². The Morgan fingerprint density at radius 3 is 2.89 bits per heavy atom. The molecule has 92 valence electrons. The highest BCUT2D eigenvalue weighted by molar-refractivity contribution is 5.82. The average Bonchev–Trinajstić information content (AvgIpc) is 2.89. The third-order valence-corrected chi connectivity index (χ3v) is 2.95. The predicted molar refractivity (Wildman–Crippen MR) is 70.1 cm³/mol. The molecule has 0 fully saturated rings. The number of anilines is 3. The molecule has 4 N–H and O–H groups in total. The molecular weight excluding hydrogens is 230 g/mol. The first-order valence-electron chi connectivity index (χ1n) is 5.65. The van der Waals surface area contributed by atoms with Crippen LogP contribution >= 0.6 is 0 Å². The maximum absolute atomic E-state index is 10.7. The zero-order chi connectivity index (χ0) is 12.7. The van der Waals surface area contributed by atoms with Crippen LogP contribution in [-0.2, 0) is 0 Å². The second kappa shape index (κ2) is 3.76. The molecule has 6 nitrogen and oxygen atoms in total. The maximum atomic E-state index is 10.7. The Labute approximate surface area is 104 Å². The molecule has 0 radical (unpaired) electrons. The van der Waals surface area contributed by atoms with Crippen LogP contribution in [0.5, 0.6) is 0 Å². The van der Waals surface area contributed by atoms with Crippen LogP contribution in [0.4, 0.5) is 17.2 Å². The van der Waals surface area contributed by atoms with Crippen molar-refractivity contribution in [2.75, 3.05) is 16.4 Å². The predicted octanol–water partition coefficient (Wildman–Crippen LogP) is 1.45. The minimum absolute atomic E-state index is 0.204. The normalized spacial score (nSPS) is 16.8. The Morgan fingerprint density at radius 2 is 2.17 bits per heavy atom. The molecular formula is C12H13N5O. The van der Waals surface area contributed by atoms with Crippen LogP contribution in [0.1, 0.15) is 17.3 Å². The molecule has 0 spiro atoms. The Bertz CT molecular complexity index is 619. The average molecular weight is 243 g/mol. The third kappa shape index (κ3) is 1.50. The van der Waals surface area contributed by atoms with E-state index in [1.165, 1.54) is 6.20 Å². The Morgan fingerprint density at radius 1 is 1.39 bits per heavy atom. The molecule has 1 aromatic heterocycles. The number of nitrogens with one attached hydrogen (secondary N) is 2. The molecule has 0 aliphatic carbocycles. The number of carbonyl (C=O) groups excluding carboxylic acids is 1. The Kier molecular flexibility index (Phi) is 2.22. The van der Waals surface area contributed by atoms with Crippen molar-refractivity contribution in [2.24, 2.45) is 0 Å². The summed E-state index contributed by atoms with van der Waals surface area (Å²) in [4.78, 5) is 10.7. The number of benzene rings is 1. The van der Waals surface area contributed by atoms with E-state index in [2.05, 4.69) is 15.7 Å². The summed E-state index contributed by atoms with van der Waals surface area (Å²) in [5.41, 5.74) is 9.12. The number of rotatable bonds is 2. The SMILES string of the molecule is CC1Nc2ccc(-n3ncc(C=O)c3N)cc2N1. The van der Waals surface area contributed by atoms with E-state index in [4.69, 9.17) is 5.73 Å². The van der Waals surface area contributed by atoms with Crippen molar-refractivity contribution >= 4 is 23.5 Å². The van der Waals surface area contributed by atoms with Gasteiger partial charge in [0, 0.05) is 0 Å². The molecule has 1 aliphatic heterocycles. The van der Waals surface area contributed by atoms with Gasteiger partial charge < -0.3 is 16.4 Å². The lowest BCUT2D eigenvalue weighted by atomic mass is 10.2. The van der Waals surface area contributed by atoms with Gasteiger partial charge in [0.1, 0.15) is 5.82 Å². The Balaban J connectivity index is 2.05. The Hall–Kier alpha value is -2.50. The topological polar surface area (TPSA) is 85.0 Å². The molecule has 2 heterocycles. The van der Waals surface area contributed by atoms with Crippen molar-refractivity contribution in [2.45, 2.75) is 13.1 Å². The fraction of sp³-hybridized carbons (Fsp3) is 0.167. The van der Waals surface area contributed by atoms with Crippen molar-refractivity contribution in [1.29, 1.82) is 0 Å². The fourth-order valence-electron chi connectivity index (χ4n) is 2.08. The van der Waals surface area contributed by atoms with Gasteiger partial charge in [-0.05, 0) is 25.1 Å². The molecule has 1 atom stereocenters. The number of nitrogens with zero attached hydrogens (tertiary/aromatic N) is 2. The quantitative estimate of drug-likeness (QED) is 0.695. The highest BCUT2D eigenvalue weighted by atomic mass is 16.1. The lowest BCUT2D eigenvalue weighted by molar-refractivity contribution is 0.112. The summed E-state index contributed by atoms with van der Waals surface area (Å²) in [5.74, 6) is 0.351. The van der Waals surface area contributed by atoms with Crippen molar-refractivity contribution in [3.8, 4) is 5.69 Å². The van der Waals surface area contributed by atoms with Gasteiger partial charge in [-0.15, -0.1) is 0 Å². The van der Waals surface area contributed by atoms with Crippen molar-refractivity contribution < 1.29 is 4.79 Å². The monoisotopic (exact) mass is 243 g/mol. The van der Waals surface area contributed by atoms with Gasteiger partial charge in [-0.25, -0.2) is 4.68 Å². The third-order valence-electron chi connectivity index (χ3n) is 2.95. The van der Waals surface area contributed by atoms with E-state index < -0.39 is 0 Å². The van der Waals surface area contributed by atoms with Gasteiger partial charge in [0.05, 0.1) is 35.0 Å². The van der Waals surface area contributed by atoms with E-state index in [0.717, 1.165) is 17.1 Å². The summed E-state index contributed by atoms with van der Waals surface area (Å²) in [6.07, 6.45) is 2.37. The van der Waals surface area contributed by atoms with Crippen molar-refractivity contribution in [3.63, 3.8) is 0 Å². The number of carbonyl (C=O) groups is 1. The number of fused-ring (bicyclic) bond motifs is 1. The number of hydrogen-bond acceptors (Lipinski definition) is 5. The van der Waals surface area contributed by atoms with Gasteiger partial charge in [0.15, 0.2) is 6.29 Å². The molecule has 2 aromatic rings. The number of aldehydes is 1. The minimum Gasteiger partial charge on any atom is -0.383 e. The summed E-state index contributed by atoms with van der Waals surface area (Å²) in [5, 5.41) is 10.7. The van der Waals surface area contributed by atoms with Gasteiger partial charge in [-0.3, -0.25) is 4.79 Å². The van der Waals surface area contributed by atoms with Gasteiger partial charge in [-0.1, -0.05) is 0 Å². The van der Waals surface area contributed by atoms with Crippen LogP contribution in [0.15, 0.2) is 24.4 Å². The lowest BCUT2D eigenvalue weighted by Gasteiger charge is -2.06. The summed E-state index contributed by atoms with van der Waals surface area (Å²) in [6.45, 7) is 2.03. The molecule has 3 rings (SSSR count). The molecule has 6 heteroatoms. The van der Waals surface area contributed by atoms with E-state index in [1.54, 1.807) is 4.68 Å². The molecule has 0 saturated heterocycles. The van der Waals surface area contributed by atoms with E-state index in [0.29, 0.717) is 17.7 Å². The van der Waals surface area contributed by atoms with Crippen LogP contribution < -0.4 is 16.4 Å². The van der Waals surface area contributed by atoms with Crippen LogP contribution in [0.2, 0.25) is 0 Å². The molecule has 1 aliphatic rings. The van der Waals surface area contributed by atoms with Crippen molar-refractivity contribution in [1.82, 2.24) is 9.78 Å². The van der Waals surface area contributed by atoms with E-state index in [-0.39, 0.29) is 6.17 Å². The first kappa shape index (κ1) is 10.6. The summed E-state index contributed by atoms with van der Waals surface area (Å²) < 4.78 is 1.55. The molecule has 0 saturated carbocycles. The molecule has 0 bridgehead atoms. The number of aromatic nitrogens is 2. The van der Waals surface area contributed by atoms with Crippen molar-refractivity contribution in [3.05, 3.63) is 30.0 Å². The largest absolute Gasteiger partial charge is 0.383 e. The van der Waals surface area contributed by atoms with Gasteiger partial charge in [0.2, 0.25) is 0 Å². The second-order valence-corrected chi connectivity index (χ2v) is 4.26. The van der Waals surface area contributed by atoms with Crippen LogP contribution in [-0.4, -0.2) is 22.2 Å². The first-order chi connectivity index (χ1) is 8.69. The highest BCUT2D eigenvalue weighted by Crippen LogP contribution is 2.31. The lowest BCUT2D eigenvalue weighted by Crippen LogP contribution is -2.16. The summed E-state index contributed by atoms with van der Waals surface area (Å²) >= 11 is 0. The zero-order valence-electron chi connectivity index (χ0n) is 9.84. The van der Waals surface area contributed by atoms with Gasteiger partial charge >= 0.3 is 0 Å². The van der Waals surface area contributed by atoms with E-state index in [9.17, 15) is 4.79 Å². The second-order valence-electron chi connectivity index (χ2n) is 4.26. The first-order valence-corrected chi connectivity index (χ1v) is 5.65. The highest BCUT2D eigenvalue weighted by Gasteiger charge is 2.17. The number of nitrogen functional groups attached to an aromatic ring is 1. The summed E-state index contributed by atoms with van der Waals surface area (Å²) in [7, 11) is 0. The van der Waals surface area contributed by atoms with Crippen LogP contribution in [0.3, 0.4) is 0 Å². The smallest absolute Gasteiger partial charge is 0.155 e. The molecule has 1 unspecified atom stereocenters. The van der Waals surface area contributed by atoms with Crippen LogP contribution in [0, 0.1) is 0 Å². The van der Waals surface area contributed by atoms with Gasteiger partial charge in [-0.2, -0.15) is 5.10 Å². The van der Waals surface area contributed by atoms with E-state index >= 15 is 0 Å². The fourth-order valence-corrected chi connectivity index (χ4v) is 2.08. The molecule has 1 aromatic carbocycles. The molecule has 0 amide bonds. The zero-order valence-corrected chi connectivity index (χ0v) is 9.84.